The molecule has 0 aromatic heterocycles. The SMILES string of the molecule is COc1ccc(Br)cc1S(=O)(=O)N1CCN(C/C=C/c2ccccc2)CC1. The number of sulfonamides is 1. The van der Waals surface area contributed by atoms with Gasteiger partial charge in [-0.3, -0.25) is 4.90 Å². The van der Waals surface area contributed by atoms with Crippen molar-refractivity contribution < 1.29 is 13.2 Å². The van der Waals surface area contributed by atoms with Crippen LogP contribution in [0.2, 0.25) is 0 Å². The number of hydrogen-bond donors (Lipinski definition) is 0. The molecule has 0 bridgehead atoms. The molecule has 27 heavy (non-hydrogen) atoms. The van der Waals surface area contributed by atoms with Gasteiger partial charge in [0.15, 0.2) is 0 Å². The highest BCUT2D eigenvalue weighted by Crippen LogP contribution is 2.30. The van der Waals surface area contributed by atoms with E-state index >= 15 is 0 Å². The second-order valence-electron chi connectivity index (χ2n) is 6.31. The average Bonchev–Trinajstić information content (AvgIpc) is 2.69. The van der Waals surface area contributed by atoms with E-state index in [1.807, 2.05) is 18.2 Å². The van der Waals surface area contributed by atoms with E-state index in [2.05, 4.69) is 45.1 Å². The molecule has 1 heterocycles. The Kier molecular flexibility index (Phi) is 6.70. The molecule has 1 fully saturated rings. The first-order valence-corrected chi connectivity index (χ1v) is 11.0. The molecule has 2 aromatic rings. The largest absolute Gasteiger partial charge is 0.495 e. The quantitative estimate of drug-likeness (QED) is 0.675. The van der Waals surface area contributed by atoms with Gasteiger partial charge >= 0.3 is 0 Å². The van der Waals surface area contributed by atoms with Crippen LogP contribution in [-0.4, -0.2) is 57.5 Å². The van der Waals surface area contributed by atoms with Crippen molar-refractivity contribution in [3.8, 4) is 5.75 Å². The molecule has 5 nitrogen and oxygen atoms in total. The number of benzene rings is 2. The number of ether oxygens (including phenoxy) is 1. The van der Waals surface area contributed by atoms with Crippen LogP contribution in [-0.2, 0) is 10.0 Å². The molecular weight excluding hydrogens is 428 g/mol. The van der Waals surface area contributed by atoms with Crippen LogP contribution >= 0.6 is 15.9 Å². The van der Waals surface area contributed by atoms with Crippen molar-refractivity contribution in [2.45, 2.75) is 4.90 Å². The van der Waals surface area contributed by atoms with Gasteiger partial charge in [-0.2, -0.15) is 4.31 Å². The van der Waals surface area contributed by atoms with Crippen molar-refractivity contribution in [3.05, 3.63) is 64.6 Å². The molecule has 0 amide bonds. The summed E-state index contributed by atoms with van der Waals surface area (Å²) in [4.78, 5) is 2.46. The monoisotopic (exact) mass is 450 g/mol. The maximum atomic E-state index is 13.0. The van der Waals surface area contributed by atoms with E-state index in [0.29, 0.717) is 36.4 Å². The number of rotatable bonds is 6. The Morgan fingerprint density at radius 3 is 2.44 bits per heavy atom. The van der Waals surface area contributed by atoms with Gasteiger partial charge in [-0.25, -0.2) is 8.42 Å². The molecule has 0 radical (unpaired) electrons. The lowest BCUT2D eigenvalue weighted by atomic mass is 10.2. The van der Waals surface area contributed by atoms with E-state index in [9.17, 15) is 8.42 Å². The average molecular weight is 451 g/mol. The van der Waals surface area contributed by atoms with Crippen molar-refractivity contribution in [3.63, 3.8) is 0 Å². The molecule has 0 N–H and O–H groups in total. The number of nitrogens with zero attached hydrogens (tertiary/aromatic N) is 2. The lowest BCUT2D eigenvalue weighted by molar-refractivity contribution is 0.204. The summed E-state index contributed by atoms with van der Waals surface area (Å²) < 4.78 is 33.5. The Morgan fingerprint density at radius 2 is 1.78 bits per heavy atom. The minimum atomic E-state index is -3.58. The Morgan fingerprint density at radius 1 is 1.07 bits per heavy atom. The van der Waals surface area contributed by atoms with Crippen molar-refractivity contribution in [1.82, 2.24) is 9.21 Å². The first-order chi connectivity index (χ1) is 13.0. The highest BCUT2D eigenvalue weighted by atomic mass is 79.9. The van der Waals surface area contributed by atoms with Crippen LogP contribution in [0.4, 0.5) is 0 Å². The van der Waals surface area contributed by atoms with Crippen LogP contribution in [0.15, 0.2) is 64.0 Å². The zero-order chi connectivity index (χ0) is 19.3. The summed E-state index contributed by atoms with van der Waals surface area (Å²) in [5.41, 5.74) is 1.17. The summed E-state index contributed by atoms with van der Waals surface area (Å²) in [7, 11) is -2.10. The van der Waals surface area contributed by atoms with E-state index in [4.69, 9.17) is 4.74 Å². The Bertz CT molecular complexity index is 893. The topological polar surface area (TPSA) is 49.9 Å². The number of halogens is 1. The molecular formula is C20H23BrN2O3S. The van der Waals surface area contributed by atoms with Crippen LogP contribution in [0.25, 0.3) is 6.08 Å². The molecule has 0 unspecified atom stereocenters. The molecule has 1 aliphatic rings. The number of piperazine rings is 1. The van der Waals surface area contributed by atoms with Crippen molar-refractivity contribution in [2.75, 3.05) is 39.8 Å². The molecule has 1 saturated heterocycles. The molecule has 0 atom stereocenters. The molecule has 3 rings (SSSR count). The van der Waals surface area contributed by atoms with Gasteiger partial charge in [-0.05, 0) is 23.8 Å². The van der Waals surface area contributed by atoms with Crippen LogP contribution in [0.1, 0.15) is 5.56 Å². The fraction of sp³-hybridized carbons (Fsp3) is 0.300. The van der Waals surface area contributed by atoms with Gasteiger partial charge in [-0.15, -0.1) is 0 Å². The second-order valence-corrected chi connectivity index (χ2v) is 9.13. The van der Waals surface area contributed by atoms with E-state index in [0.717, 1.165) is 6.54 Å². The predicted molar refractivity (Wildman–Crippen MR) is 111 cm³/mol. The first kappa shape index (κ1) is 20.1. The summed E-state index contributed by atoms with van der Waals surface area (Å²) in [5, 5.41) is 0. The molecule has 1 aliphatic heterocycles. The molecule has 7 heteroatoms. The van der Waals surface area contributed by atoms with Gasteiger partial charge in [0.1, 0.15) is 10.6 Å². The fourth-order valence-electron chi connectivity index (χ4n) is 3.05. The summed E-state index contributed by atoms with van der Waals surface area (Å²) in [6, 6.07) is 15.2. The number of methoxy groups -OCH3 is 1. The van der Waals surface area contributed by atoms with Gasteiger partial charge in [0.25, 0.3) is 0 Å². The predicted octanol–water partition coefficient (Wildman–Crippen LogP) is 3.48. The maximum Gasteiger partial charge on any atom is 0.246 e. The lowest BCUT2D eigenvalue weighted by Gasteiger charge is -2.33. The van der Waals surface area contributed by atoms with Gasteiger partial charge in [0, 0.05) is 37.2 Å². The zero-order valence-electron chi connectivity index (χ0n) is 15.2. The van der Waals surface area contributed by atoms with E-state index in [1.54, 1.807) is 18.2 Å². The standard InChI is InChI=1S/C20H23BrN2O3S/c1-26-19-10-9-18(21)16-20(19)27(24,25)23-14-12-22(13-15-23)11-5-8-17-6-3-2-4-7-17/h2-10,16H,11-15H2,1H3/b8-5+. The Balaban J connectivity index is 1.61. The maximum absolute atomic E-state index is 13.0. The van der Waals surface area contributed by atoms with Gasteiger partial charge in [0.2, 0.25) is 10.0 Å². The fourth-order valence-corrected chi connectivity index (χ4v) is 5.16. The summed E-state index contributed by atoms with van der Waals surface area (Å²) in [6.07, 6.45) is 4.21. The minimum absolute atomic E-state index is 0.205. The van der Waals surface area contributed by atoms with E-state index < -0.39 is 10.0 Å². The van der Waals surface area contributed by atoms with Crippen molar-refractivity contribution in [2.24, 2.45) is 0 Å². The Hall–Kier alpha value is -1.67. The Labute approximate surface area is 169 Å². The molecule has 0 aliphatic carbocycles. The highest BCUT2D eigenvalue weighted by Gasteiger charge is 2.30. The van der Waals surface area contributed by atoms with E-state index in [1.165, 1.54) is 17.0 Å². The highest BCUT2D eigenvalue weighted by molar-refractivity contribution is 9.10. The molecule has 2 aromatic carbocycles. The minimum Gasteiger partial charge on any atom is -0.495 e. The number of hydrogen-bond acceptors (Lipinski definition) is 4. The summed E-state index contributed by atoms with van der Waals surface area (Å²) in [5.74, 6) is 0.367. The van der Waals surface area contributed by atoms with Crippen LogP contribution in [0, 0.1) is 0 Å². The van der Waals surface area contributed by atoms with E-state index in [-0.39, 0.29) is 4.90 Å². The zero-order valence-corrected chi connectivity index (χ0v) is 17.6. The van der Waals surface area contributed by atoms with Crippen LogP contribution in [0.3, 0.4) is 0 Å². The lowest BCUT2D eigenvalue weighted by Crippen LogP contribution is -2.48. The van der Waals surface area contributed by atoms with Crippen LogP contribution < -0.4 is 4.74 Å². The van der Waals surface area contributed by atoms with Crippen LogP contribution in [0.5, 0.6) is 5.75 Å². The molecule has 0 saturated carbocycles. The normalized spacial score (nSPS) is 16.7. The van der Waals surface area contributed by atoms with Gasteiger partial charge in [0.05, 0.1) is 7.11 Å². The molecule has 144 valence electrons. The summed E-state index contributed by atoms with van der Waals surface area (Å²) >= 11 is 3.34. The first-order valence-electron chi connectivity index (χ1n) is 8.78. The van der Waals surface area contributed by atoms with Crippen molar-refractivity contribution >= 4 is 32.0 Å². The second kappa shape index (κ2) is 9.01. The summed E-state index contributed by atoms with van der Waals surface area (Å²) in [6.45, 7) is 3.15. The van der Waals surface area contributed by atoms with Gasteiger partial charge < -0.3 is 4.74 Å². The third-order valence-corrected chi connectivity index (χ3v) is 6.96. The molecule has 0 spiro atoms. The van der Waals surface area contributed by atoms with Crippen molar-refractivity contribution in [1.29, 1.82) is 0 Å². The third-order valence-electron chi connectivity index (χ3n) is 4.55. The smallest absolute Gasteiger partial charge is 0.246 e. The van der Waals surface area contributed by atoms with Gasteiger partial charge in [-0.1, -0.05) is 58.4 Å². The third kappa shape index (κ3) is 4.99.